The van der Waals surface area contributed by atoms with E-state index in [4.69, 9.17) is 12.2 Å². The molecule has 0 spiro atoms. The van der Waals surface area contributed by atoms with Gasteiger partial charge in [0.25, 0.3) is 0 Å². The molecule has 132 valence electrons. The summed E-state index contributed by atoms with van der Waals surface area (Å²) in [6.45, 7) is 8.47. The fourth-order valence-corrected chi connectivity index (χ4v) is 3.64. The van der Waals surface area contributed by atoms with E-state index in [0.717, 1.165) is 31.6 Å². The number of nitrogens with zero attached hydrogens (tertiary/aromatic N) is 1. The zero-order valence-electron chi connectivity index (χ0n) is 15.3. The number of anilines is 2. The first-order valence-electron chi connectivity index (χ1n) is 9.01. The summed E-state index contributed by atoms with van der Waals surface area (Å²) in [6.07, 6.45) is 2.21. The number of benzene rings is 2. The van der Waals surface area contributed by atoms with E-state index >= 15 is 0 Å². The summed E-state index contributed by atoms with van der Waals surface area (Å²) in [5, 5.41) is 7.28. The molecule has 0 unspecified atom stereocenters. The first-order chi connectivity index (χ1) is 12.0. The lowest BCUT2D eigenvalue weighted by atomic mass is 10.1. The Labute approximate surface area is 156 Å². The summed E-state index contributed by atoms with van der Waals surface area (Å²) in [7, 11) is 0. The van der Waals surface area contributed by atoms with Crippen LogP contribution in [0.5, 0.6) is 0 Å². The van der Waals surface area contributed by atoms with E-state index in [1.165, 1.54) is 22.4 Å². The molecule has 25 heavy (non-hydrogen) atoms. The van der Waals surface area contributed by atoms with Crippen LogP contribution in [0, 0.1) is 13.8 Å². The molecule has 2 aromatic carbocycles. The van der Waals surface area contributed by atoms with Crippen LogP contribution in [0.4, 0.5) is 11.4 Å². The topological polar surface area (TPSA) is 27.3 Å². The van der Waals surface area contributed by atoms with Crippen LogP contribution in [0.15, 0.2) is 42.5 Å². The van der Waals surface area contributed by atoms with Crippen LogP contribution in [0.1, 0.15) is 30.0 Å². The molecule has 0 aliphatic carbocycles. The smallest absolute Gasteiger partial charge is 0.170 e. The SMILES string of the molecule is Cc1ccc(NC(=S)NCCCN2c3ccccc3C[C@@H]2C)cc1C. The maximum Gasteiger partial charge on any atom is 0.170 e. The molecule has 2 aromatic rings. The van der Waals surface area contributed by atoms with Gasteiger partial charge in [0.15, 0.2) is 5.11 Å². The normalized spacial score (nSPS) is 15.8. The summed E-state index contributed by atoms with van der Waals surface area (Å²) in [5.74, 6) is 0. The first-order valence-corrected chi connectivity index (χ1v) is 9.42. The van der Waals surface area contributed by atoms with Gasteiger partial charge in [0.2, 0.25) is 0 Å². The van der Waals surface area contributed by atoms with E-state index in [-0.39, 0.29) is 0 Å². The van der Waals surface area contributed by atoms with Crippen molar-refractivity contribution in [2.75, 3.05) is 23.3 Å². The van der Waals surface area contributed by atoms with Crippen molar-refractivity contribution in [2.45, 2.75) is 39.7 Å². The molecule has 1 heterocycles. The van der Waals surface area contributed by atoms with E-state index in [9.17, 15) is 0 Å². The Hall–Kier alpha value is -2.07. The minimum Gasteiger partial charge on any atom is -0.368 e. The Bertz CT molecular complexity index is 757. The lowest BCUT2D eigenvalue weighted by Gasteiger charge is -2.25. The molecule has 0 amide bonds. The predicted octanol–water partition coefficient (Wildman–Crippen LogP) is 4.43. The van der Waals surface area contributed by atoms with E-state index in [1.54, 1.807) is 0 Å². The van der Waals surface area contributed by atoms with Crippen molar-refractivity contribution in [1.82, 2.24) is 5.32 Å². The van der Waals surface area contributed by atoms with E-state index in [1.807, 2.05) is 0 Å². The summed E-state index contributed by atoms with van der Waals surface area (Å²) in [6, 6.07) is 15.6. The first kappa shape index (κ1) is 17.7. The molecule has 0 saturated heterocycles. The van der Waals surface area contributed by atoms with Crippen molar-refractivity contribution in [3.8, 4) is 0 Å². The molecule has 2 N–H and O–H groups in total. The average molecular weight is 354 g/mol. The van der Waals surface area contributed by atoms with Gasteiger partial charge < -0.3 is 15.5 Å². The molecule has 0 bridgehead atoms. The second kappa shape index (κ2) is 7.87. The van der Waals surface area contributed by atoms with Crippen LogP contribution in [-0.4, -0.2) is 24.2 Å². The third-order valence-electron chi connectivity index (χ3n) is 4.97. The number of para-hydroxylation sites is 1. The highest BCUT2D eigenvalue weighted by molar-refractivity contribution is 7.80. The van der Waals surface area contributed by atoms with Crippen molar-refractivity contribution < 1.29 is 0 Å². The number of rotatable bonds is 5. The summed E-state index contributed by atoms with van der Waals surface area (Å²) < 4.78 is 0. The zero-order chi connectivity index (χ0) is 17.8. The van der Waals surface area contributed by atoms with Crippen molar-refractivity contribution in [1.29, 1.82) is 0 Å². The van der Waals surface area contributed by atoms with Gasteiger partial charge in [0.05, 0.1) is 0 Å². The van der Waals surface area contributed by atoms with E-state index in [0.29, 0.717) is 11.2 Å². The second-order valence-corrected chi connectivity index (χ2v) is 7.32. The molecule has 0 aromatic heterocycles. The molecule has 3 nitrogen and oxygen atoms in total. The maximum atomic E-state index is 5.41. The molecule has 1 aliphatic rings. The van der Waals surface area contributed by atoms with Crippen molar-refractivity contribution in [3.05, 3.63) is 59.2 Å². The highest BCUT2D eigenvalue weighted by Gasteiger charge is 2.24. The molecule has 0 saturated carbocycles. The molecular formula is C21H27N3S. The summed E-state index contributed by atoms with van der Waals surface area (Å²) in [4.78, 5) is 2.51. The van der Waals surface area contributed by atoms with Gasteiger partial charge in [-0.25, -0.2) is 0 Å². The standard InChI is InChI=1S/C21H27N3S/c1-15-9-10-19(13-16(15)2)23-21(25)22-11-6-12-24-17(3)14-18-7-4-5-8-20(18)24/h4-5,7-10,13,17H,6,11-12,14H2,1-3H3,(H2,22,23,25)/t17-/m0/s1. The van der Waals surface area contributed by atoms with Gasteiger partial charge >= 0.3 is 0 Å². The molecule has 0 radical (unpaired) electrons. The quantitative estimate of drug-likeness (QED) is 0.614. The van der Waals surface area contributed by atoms with Gasteiger partial charge in [0, 0.05) is 30.5 Å². The Morgan fingerprint density at radius 3 is 2.76 bits per heavy atom. The number of aryl methyl sites for hydroxylation is 2. The minimum atomic E-state index is 0.581. The molecule has 4 heteroatoms. The average Bonchev–Trinajstić information content (AvgIpc) is 2.90. The third kappa shape index (κ3) is 4.31. The van der Waals surface area contributed by atoms with Crippen LogP contribution >= 0.6 is 12.2 Å². The number of hydrogen-bond donors (Lipinski definition) is 2. The van der Waals surface area contributed by atoms with Crippen molar-refractivity contribution >= 4 is 28.7 Å². The van der Waals surface area contributed by atoms with Crippen LogP contribution in [0.25, 0.3) is 0 Å². The Morgan fingerprint density at radius 2 is 1.96 bits per heavy atom. The number of nitrogens with one attached hydrogen (secondary N) is 2. The number of thiocarbonyl (C=S) groups is 1. The molecule has 1 aliphatic heterocycles. The van der Waals surface area contributed by atoms with Crippen LogP contribution < -0.4 is 15.5 Å². The van der Waals surface area contributed by atoms with Gasteiger partial charge in [-0.1, -0.05) is 24.3 Å². The maximum absolute atomic E-state index is 5.41. The summed E-state index contributed by atoms with van der Waals surface area (Å²) in [5.41, 5.74) is 6.47. The van der Waals surface area contributed by atoms with Gasteiger partial charge in [0.1, 0.15) is 0 Å². The fourth-order valence-electron chi connectivity index (χ4n) is 3.42. The van der Waals surface area contributed by atoms with Crippen LogP contribution in [-0.2, 0) is 6.42 Å². The highest BCUT2D eigenvalue weighted by Crippen LogP contribution is 2.31. The Kier molecular flexibility index (Phi) is 5.59. The van der Waals surface area contributed by atoms with Crippen molar-refractivity contribution in [2.24, 2.45) is 0 Å². The second-order valence-electron chi connectivity index (χ2n) is 6.91. The molecule has 1 atom stereocenters. The Morgan fingerprint density at radius 1 is 1.16 bits per heavy atom. The van der Waals surface area contributed by atoms with E-state index < -0.39 is 0 Å². The zero-order valence-corrected chi connectivity index (χ0v) is 16.1. The molecular weight excluding hydrogens is 326 g/mol. The molecule has 0 fully saturated rings. The summed E-state index contributed by atoms with van der Waals surface area (Å²) >= 11 is 5.41. The van der Waals surface area contributed by atoms with Crippen LogP contribution in [0.3, 0.4) is 0 Å². The minimum absolute atomic E-state index is 0.581. The lowest BCUT2D eigenvalue weighted by molar-refractivity contribution is 0.641. The highest BCUT2D eigenvalue weighted by atomic mass is 32.1. The van der Waals surface area contributed by atoms with Crippen molar-refractivity contribution in [3.63, 3.8) is 0 Å². The van der Waals surface area contributed by atoms with Gasteiger partial charge in [-0.2, -0.15) is 0 Å². The predicted molar refractivity (Wildman–Crippen MR) is 112 cm³/mol. The largest absolute Gasteiger partial charge is 0.368 e. The fraction of sp³-hybridized carbons (Fsp3) is 0.381. The Balaban J connectivity index is 1.44. The van der Waals surface area contributed by atoms with Gasteiger partial charge in [-0.15, -0.1) is 0 Å². The monoisotopic (exact) mass is 353 g/mol. The van der Waals surface area contributed by atoms with Crippen LogP contribution in [0.2, 0.25) is 0 Å². The number of fused-ring (bicyclic) bond motifs is 1. The van der Waals surface area contributed by atoms with Gasteiger partial charge in [-0.3, -0.25) is 0 Å². The number of hydrogen-bond acceptors (Lipinski definition) is 2. The van der Waals surface area contributed by atoms with Gasteiger partial charge in [-0.05, 0) is 80.7 Å². The lowest BCUT2D eigenvalue weighted by Crippen LogP contribution is -2.34. The van der Waals surface area contributed by atoms with E-state index in [2.05, 4.69) is 78.8 Å². The third-order valence-corrected chi connectivity index (χ3v) is 5.22. The molecule has 3 rings (SSSR count).